The maximum absolute atomic E-state index is 11.1. The van der Waals surface area contributed by atoms with Gasteiger partial charge in [-0.25, -0.2) is 14.6 Å². The van der Waals surface area contributed by atoms with Gasteiger partial charge in [-0.15, -0.1) is 5.10 Å². The Kier molecular flexibility index (Phi) is 5.89. The summed E-state index contributed by atoms with van der Waals surface area (Å²) in [6.45, 7) is 7.84. The third kappa shape index (κ3) is 4.40. The van der Waals surface area contributed by atoms with Crippen molar-refractivity contribution < 1.29 is 4.79 Å². The molecule has 9 heteroatoms. The average Bonchev–Trinajstić information content (AvgIpc) is 3.18. The van der Waals surface area contributed by atoms with Crippen LogP contribution in [0.1, 0.15) is 48.7 Å². The van der Waals surface area contributed by atoms with Crippen molar-refractivity contribution in [1.82, 2.24) is 30.3 Å². The van der Waals surface area contributed by atoms with Gasteiger partial charge in [0.1, 0.15) is 5.52 Å². The van der Waals surface area contributed by atoms with E-state index in [1.165, 1.54) is 18.0 Å². The molecular formula is C21H28N8O. The molecule has 1 aliphatic rings. The van der Waals surface area contributed by atoms with E-state index in [2.05, 4.69) is 62.5 Å². The van der Waals surface area contributed by atoms with Gasteiger partial charge in [0.15, 0.2) is 0 Å². The number of nitrogens with two attached hydrogens (primary N) is 1. The molecule has 0 saturated carbocycles. The van der Waals surface area contributed by atoms with Crippen LogP contribution in [0, 0.1) is 5.92 Å². The van der Waals surface area contributed by atoms with Crippen LogP contribution in [-0.2, 0) is 6.54 Å². The summed E-state index contributed by atoms with van der Waals surface area (Å²) < 4.78 is 1.95. The quantitative estimate of drug-likeness (QED) is 0.613. The molecule has 0 spiro atoms. The molecule has 4 rings (SSSR count). The van der Waals surface area contributed by atoms with Crippen molar-refractivity contribution in [2.45, 2.75) is 39.3 Å². The van der Waals surface area contributed by atoms with E-state index in [1.807, 2.05) is 4.68 Å². The van der Waals surface area contributed by atoms with Crippen molar-refractivity contribution >= 4 is 22.9 Å². The van der Waals surface area contributed by atoms with Crippen molar-refractivity contribution in [2.24, 2.45) is 11.7 Å². The van der Waals surface area contributed by atoms with E-state index in [0.29, 0.717) is 23.5 Å². The van der Waals surface area contributed by atoms with Crippen LogP contribution in [0.5, 0.6) is 0 Å². The molecule has 1 aliphatic heterocycles. The number of hydrogen-bond acceptors (Lipinski definition) is 7. The smallest absolute Gasteiger partial charge is 0.251 e. The van der Waals surface area contributed by atoms with Gasteiger partial charge in [-0.05, 0) is 56.8 Å². The number of hydrogen-bond donors (Lipinski definition) is 2. The van der Waals surface area contributed by atoms with E-state index < -0.39 is 5.91 Å². The Morgan fingerprint density at radius 1 is 1.23 bits per heavy atom. The Morgan fingerprint density at radius 2 is 1.97 bits per heavy atom. The normalized spacial score (nSPS) is 15.2. The summed E-state index contributed by atoms with van der Waals surface area (Å²) in [7, 11) is 0. The summed E-state index contributed by atoms with van der Waals surface area (Å²) in [4.78, 5) is 21.8. The maximum Gasteiger partial charge on any atom is 0.251 e. The molecule has 0 unspecified atom stereocenters. The van der Waals surface area contributed by atoms with Crippen LogP contribution < -0.4 is 16.0 Å². The molecule has 3 heterocycles. The fourth-order valence-electron chi connectivity index (χ4n) is 3.85. The number of primary amides is 1. The Labute approximate surface area is 175 Å². The van der Waals surface area contributed by atoms with Gasteiger partial charge in [0.2, 0.25) is 5.95 Å². The molecule has 1 amide bonds. The van der Waals surface area contributed by atoms with Gasteiger partial charge in [-0.3, -0.25) is 4.79 Å². The molecule has 3 N–H and O–H groups in total. The lowest BCUT2D eigenvalue weighted by Gasteiger charge is -2.32. The second-order valence-corrected chi connectivity index (χ2v) is 8.15. The van der Waals surface area contributed by atoms with Gasteiger partial charge in [-0.1, -0.05) is 11.3 Å². The highest BCUT2D eigenvalue weighted by atomic mass is 16.1. The van der Waals surface area contributed by atoms with Crippen molar-refractivity contribution in [3.8, 4) is 0 Å². The van der Waals surface area contributed by atoms with E-state index in [1.54, 1.807) is 0 Å². The van der Waals surface area contributed by atoms with Gasteiger partial charge in [-0.2, -0.15) is 0 Å². The highest BCUT2D eigenvalue weighted by Crippen LogP contribution is 2.21. The molecule has 9 nitrogen and oxygen atoms in total. The van der Waals surface area contributed by atoms with E-state index in [4.69, 9.17) is 5.73 Å². The summed E-state index contributed by atoms with van der Waals surface area (Å²) in [5, 5.41) is 12.1. The van der Waals surface area contributed by atoms with Crippen LogP contribution in [0.4, 0.5) is 5.95 Å². The van der Waals surface area contributed by atoms with Crippen LogP contribution in [-0.4, -0.2) is 50.5 Å². The van der Waals surface area contributed by atoms with Crippen LogP contribution in [0.15, 0.2) is 30.6 Å². The SMILES string of the molecule is CC(C)n1nnc2cc(CNCC3CCN(c4ncc(C(N)=O)cn4)CC3)ccc21. The molecule has 158 valence electrons. The Hall–Kier alpha value is -3.07. The molecule has 30 heavy (non-hydrogen) atoms. The predicted octanol–water partition coefficient (Wildman–Crippen LogP) is 1.91. The summed E-state index contributed by atoms with van der Waals surface area (Å²) >= 11 is 0. The number of carbonyl (C=O) groups excluding carboxylic acids is 1. The number of aromatic nitrogens is 5. The maximum atomic E-state index is 11.1. The number of nitrogens with zero attached hydrogens (tertiary/aromatic N) is 6. The lowest BCUT2D eigenvalue weighted by Crippen LogP contribution is -2.38. The molecule has 1 fully saturated rings. The molecule has 1 saturated heterocycles. The van der Waals surface area contributed by atoms with Crippen molar-refractivity contribution in [3.63, 3.8) is 0 Å². The molecule has 0 atom stereocenters. The van der Waals surface area contributed by atoms with Gasteiger partial charge in [0.25, 0.3) is 5.91 Å². The second-order valence-electron chi connectivity index (χ2n) is 8.15. The first kappa shape index (κ1) is 20.2. The third-order valence-corrected chi connectivity index (χ3v) is 5.61. The molecule has 0 bridgehead atoms. The first-order valence-electron chi connectivity index (χ1n) is 10.4. The Bertz CT molecular complexity index is 1010. The summed E-state index contributed by atoms with van der Waals surface area (Å²) in [5.41, 5.74) is 8.82. The van der Waals surface area contributed by atoms with Crippen LogP contribution in [0.3, 0.4) is 0 Å². The zero-order valence-electron chi connectivity index (χ0n) is 17.5. The van der Waals surface area contributed by atoms with Crippen LogP contribution in [0.2, 0.25) is 0 Å². The van der Waals surface area contributed by atoms with Crippen molar-refractivity contribution in [1.29, 1.82) is 0 Å². The molecule has 2 aromatic heterocycles. The summed E-state index contributed by atoms with van der Waals surface area (Å²) in [6, 6.07) is 6.67. The van der Waals surface area contributed by atoms with Gasteiger partial charge < -0.3 is 16.0 Å². The first-order valence-corrected chi connectivity index (χ1v) is 10.4. The third-order valence-electron chi connectivity index (χ3n) is 5.61. The highest BCUT2D eigenvalue weighted by Gasteiger charge is 2.21. The fourth-order valence-corrected chi connectivity index (χ4v) is 3.85. The monoisotopic (exact) mass is 408 g/mol. The van der Waals surface area contributed by atoms with E-state index >= 15 is 0 Å². The molecule has 3 aromatic rings. The highest BCUT2D eigenvalue weighted by molar-refractivity contribution is 5.92. The number of anilines is 1. The lowest BCUT2D eigenvalue weighted by atomic mass is 9.97. The van der Waals surface area contributed by atoms with Gasteiger partial charge in [0, 0.05) is 38.1 Å². The number of piperidine rings is 1. The number of nitrogens with one attached hydrogen (secondary N) is 1. The lowest BCUT2D eigenvalue weighted by molar-refractivity contribution is 0.0999. The van der Waals surface area contributed by atoms with Crippen molar-refractivity contribution in [2.75, 3.05) is 24.5 Å². The molecular weight excluding hydrogens is 380 g/mol. The zero-order chi connectivity index (χ0) is 21.1. The Morgan fingerprint density at radius 3 is 2.63 bits per heavy atom. The topological polar surface area (TPSA) is 115 Å². The van der Waals surface area contributed by atoms with Crippen LogP contribution >= 0.6 is 0 Å². The predicted molar refractivity (Wildman–Crippen MR) is 115 cm³/mol. The fraction of sp³-hybridized carbons (Fsp3) is 0.476. The zero-order valence-corrected chi connectivity index (χ0v) is 17.5. The van der Waals surface area contributed by atoms with E-state index in [0.717, 1.165) is 50.1 Å². The standard InChI is InChI=1S/C21H28N8O/c1-14(2)29-19-4-3-16(9-18(19)26-27-29)11-23-10-15-5-7-28(8-6-15)21-24-12-17(13-25-21)20(22)30/h3-4,9,12-15,23H,5-8,10-11H2,1-2H3,(H2,22,30). The van der Waals surface area contributed by atoms with Crippen molar-refractivity contribution in [3.05, 3.63) is 41.7 Å². The first-order chi connectivity index (χ1) is 14.5. The molecule has 0 aliphatic carbocycles. The second kappa shape index (κ2) is 8.74. The van der Waals surface area contributed by atoms with Crippen LogP contribution in [0.25, 0.3) is 11.0 Å². The summed E-state index contributed by atoms with van der Waals surface area (Å²) in [5.74, 6) is 0.779. The van der Waals surface area contributed by atoms with E-state index in [-0.39, 0.29) is 0 Å². The number of fused-ring (bicyclic) bond motifs is 1. The molecule has 0 radical (unpaired) electrons. The minimum atomic E-state index is -0.505. The number of rotatable bonds is 7. The van der Waals surface area contributed by atoms with Gasteiger partial charge in [0.05, 0.1) is 11.1 Å². The number of benzene rings is 1. The minimum Gasteiger partial charge on any atom is -0.366 e. The van der Waals surface area contributed by atoms with E-state index in [9.17, 15) is 4.79 Å². The number of amides is 1. The summed E-state index contributed by atoms with van der Waals surface area (Å²) in [6.07, 6.45) is 5.15. The average molecular weight is 409 g/mol. The largest absolute Gasteiger partial charge is 0.366 e. The molecule has 1 aromatic carbocycles. The van der Waals surface area contributed by atoms with Gasteiger partial charge >= 0.3 is 0 Å². The minimum absolute atomic E-state index is 0.302. The number of carbonyl (C=O) groups is 1. The Balaban J connectivity index is 1.25.